The lowest BCUT2D eigenvalue weighted by atomic mass is 9.81. The SMILES string of the molecule is C[C@@H](O)c1nccc(N2CCC3(CC2)CC(O)c2cc(-c4ccccc4)ccc2O3)n1. The highest BCUT2D eigenvalue weighted by Crippen LogP contribution is 2.45. The van der Waals surface area contributed by atoms with E-state index in [1.165, 1.54) is 0 Å². The van der Waals surface area contributed by atoms with E-state index in [0.29, 0.717) is 12.2 Å². The van der Waals surface area contributed by atoms with Gasteiger partial charge in [-0.3, -0.25) is 0 Å². The molecule has 2 atom stereocenters. The number of aliphatic hydroxyl groups excluding tert-OH is 2. The zero-order valence-corrected chi connectivity index (χ0v) is 17.6. The number of piperidine rings is 1. The van der Waals surface area contributed by atoms with E-state index >= 15 is 0 Å². The van der Waals surface area contributed by atoms with E-state index in [1.807, 2.05) is 30.3 Å². The third kappa shape index (κ3) is 3.89. The molecule has 0 aliphatic carbocycles. The Balaban J connectivity index is 1.33. The van der Waals surface area contributed by atoms with Crippen LogP contribution in [0.5, 0.6) is 5.75 Å². The van der Waals surface area contributed by atoms with Crippen LogP contribution in [-0.2, 0) is 0 Å². The monoisotopic (exact) mass is 417 g/mol. The van der Waals surface area contributed by atoms with Crippen molar-refractivity contribution in [2.75, 3.05) is 18.0 Å². The fraction of sp³-hybridized carbons (Fsp3) is 0.360. The Morgan fingerprint density at radius 2 is 1.84 bits per heavy atom. The van der Waals surface area contributed by atoms with Gasteiger partial charge in [-0.25, -0.2) is 9.97 Å². The van der Waals surface area contributed by atoms with Gasteiger partial charge in [-0.1, -0.05) is 36.4 Å². The summed E-state index contributed by atoms with van der Waals surface area (Å²) in [5.74, 6) is 2.04. The van der Waals surface area contributed by atoms with Gasteiger partial charge >= 0.3 is 0 Å². The maximum atomic E-state index is 11.0. The van der Waals surface area contributed by atoms with Crippen LogP contribution in [-0.4, -0.2) is 38.9 Å². The minimum atomic E-state index is -0.690. The number of hydrogen-bond acceptors (Lipinski definition) is 6. The highest BCUT2D eigenvalue weighted by atomic mass is 16.5. The molecule has 2 N–H and O–H groups in total. The van der Waals surface area contributed by atoms with Crippen molar-refractivity contribution in [3.63, 3.8) is 0 Å². The lowest BCUT2D eigenvalue weighted by Gasteiger charge is -2.46. The molecule has 31 heavy (non-hydrogen) atoms. The minimum Gasteiger partial charge on any atom is -0.487 e. The minimum absolute atomic E-state index is 0.364. The first kappa shape index (κ1) is 20.0. The van der Waals surface area contributed by atoms with Crippen molar-refractivity contribution in [3.8, 4) is 16.9 Å². The van der Waals surface area contributed by atoms with Crippen LogP contribution < -0.4 is 9.64 Å². The van der Waals surface area contributed by atoms with E-state index in [-0.39, 0.29) is 5.60 Å². The van der Waals surface area contributed by atoms with E-state index in [4.69, 9.17) is 4.74 Å². The summed E-state index contributed by atoms with van der Waals surface area (Å²) in [4.78, 5) is 10.8. The number of aromatic nitrogens is 2. The van der Waals surface area contributed by atoms with E-state index in [9.17, 15) is 10.2 Å². The van der Waals surface area contributed by atoms with Gasteiger partial charge in [0.1, 0.15) is 23.3 Å². The lowest BCUT2D eigenvalue weighted by molar-refractivity contribution is -0.0300. The highest BCUT2D eigenvalue weighted by Gasteiger charge is 2.43. The summed E-state index contributed by atoms with van der Waals surface area (Å²) in [7, 11) is 0. The van der Waals surface area contributed by atoms with Crippen LogP contribution >= 0.6 is 0 Å². The second kappa shape index (κ2) is 7.94. The molecule has 2 aromatic carbocycles. The number of anilines is 1. The van der Waals surface area contributed by atoms with E-state index < -0.39 is 12.2 Å². The van der Waals surface area contributed by atoms with Crippen LogP contribution in [0.3, 0.4) is 0 Å². The second-order valence-corrected chi connectivity index (χ2v) is 8.56. The van der Waals surface area contributed by atoms with E-state index in [2.05, 4.69) is 39.1 Å². The fourth-order valence-electron chi connectivity index (χ4n) is 4.64. The van der Waals surface area contributed by atoms with Crippen LogP contribution in [0.15, 0.2) is 60.8 Å². The first-order valence-corrected chi connectivity index (χ1v) is 10.9. The van der Waals surface area contributed by atoms with Crippen LogP contribution in [0.25, 0.3) is 11.1 Å². The maximum Gasteiger partial charge on any atom is 0.158 e. The van der Waals surface area contributed by atoms with Gasteiger partial charge in [0.2, 0.25) is 0 Å². The molecule has 2 aliphatic rings. The Labute approximate surface area is 182 Å². The predicted molar refractivity (Wildman–Crippen MR) is 119 cm³/mol. The Morgan fingerprint density at radius 3 is 2.58 bits per heavy atom. The Kier molecular flexibility index (Phi) is 5.12. The van der Waals surface area contributed by atoms with Crippen LogP contribution in [0, 0.1) is 0 Å². The average Bonchev–Trinajstić information content (AvgIpc) is 2.80. The molecule has 5 rings (SSSR count). The molecule has 160 valence electrons. The second-order valence-electron chi connectivity index (χ2n) is 8.56. The van der Waals surface area contributed by atoms with Gasteiger partial charge < -0.3 is 19.8 Å². The number of nitrogens with zero attached hydrogens (tertiary/aromatic N) is 3. The first-order valence-electron chi connectivity index (χ1n) is 10.9. The molecule has 1 fully saturated rings. The van der Waals surface area contributed by atoms with Crippen LogP contribution in [0.1, 0.15) is 49.8 Å². The van der Waals surface area contributed by atoms with Gasteiger partial charge in [-0.05, 0) is 36.2 Å². The molecule has 1 spiro atoms. The molecule has 3 aromatic rings. The molecule has 6 heteroatoms. The number of rotatable bonds is 3. The van der Waals surface area contributed by atoms with Crippen molar-refractivity contribution < 1.29 is 14.9 Å². The summed E-state index contributed by atoms with van der Waals surface area (Å²) >= 11 is 0. The first-order chi connectivity index (χ1) is 15.0. The number of aliphatic hydroxyl groups is 2. The van der Waals surface area contributed by atoms with Crippen molar-refractivity contribution in [2.24, 2.45) is 0 Å². The summed E-state index contributed by atoms with van der Waals surface area (Å²) < 4.78 is 6.51. The normalized spacial score (nSPS) is 20.7. The molecule has 0 saturated carbocycles. The fourth-order valence-corrected chi connectivity index (χ4v) is 4.64. The molecular weight excluding hydrogens is 390 g/mol. The number of benzene rings is 2. The predicted octanol–water partition coefficient (Wildman–Crippen LogP) is 4.05. The quantitative estimate of drug-likeness (QED) is 0.669. The third-order valence-corrected chi connectivity index (χ3v) is 6.40. The zero-order chi connectivity index (χ0) is 21.4. The van der Waals surface area contributed by atoms with E-state index in [1.54, 1.807) is 13.1 Å². The Morgan fingerprint density at radius 1 is 1.06 bits per heavy atom. The van der Waals surface area contributed by atoms with Gasteiger partial charge in [0.15, 0.2) is 5.82 Å². The number of hydrogen-bond donors (Lipinski definition) is 2. The largest absolute Gasteiger partial charge is 0.487 e. The van der Waals surface area contributed by atoms with Gasteiger partial charge in [-0.15, -0.1) is 0 Å². The molecule has 6 nitrogen and oxygen atoms in total. The van der Waals surface area contributed by atoms with E-state index in [0.717, 1.165) is 54.2 Å². The molecule has 3 heterocycles. The standard InChI is InChI=1S/C25H27N3O3/c1-17(29)24-26-12-9-23(27-24)28-13-10-25(11-14-28)16-21(30)20-15-19(7-8-22(20)31-25)18-5-3-2-4-6-18/h2-9,12,15,17,21,29-30H,10-11,13-14,16H2,1H3/t17-,21?/m1/s1. The summed E-state index contributed by atoms with van der Waals surface area (Å²) in [5.41, 5.74) is 2.72. The van der Waals surface area contributed by atoms with Gasteiger partial charge in [-0.2, -0.15) is 0 Å². The number of fused-ring (bicyclic) bond motifs is 1. The van der Waals surface area contributed by atoms with Gasteiger partial charge in [0.25, 0.3) is 0 Å². The van der Waals surface area contributed by atoms with Crippen molar-refractivity contribution in [1.29, 1.82) is 0 Å². The molecule has 0 amide bonds. The molecule has 1 aromatic heterocycles. The van der Waals surface area contributed by atoms with Crippen molar-refractivity contribution in [1.82, 2.24) is 9.97 Å². The highest BCUT2D eigenvalue weighted by molar-refractivity contribution is 5.66. The molecule has 0 radical (unpaired) electrons. The molecular formula is C25H27N3O3. The van der Waals surface area contributed by atoms with Crippen LogP contribution in [0.2, 0.25) is 0 Å². The smallest absolute Gasteiger partial charge is 0.158 e. The molecule has 1 saturated heterocycles. The average molecular weight is 418 g/mol. The Hall–Kier alpha value is -2.96. The topological polar surface area (TPSA) is 78.7 Å². The van der Waals surface area contributed by atoms with Gasteiger partial charge in [0, 0.05) is 44.1 Å². The molecule has 2 aliphatic heterocycles. The summed E-state index contributed by atoms with van der Waals surface area (Å²) in [5, 5.41) is 20.8. The maximum absolute atomic E-state index is 11.0. The molecule has 0 bridgehead atoms. The zero-order valence-electron chi connectivity index (χ0n) is 17.6. The van der Waals surface area contributed by atoms with Crippen molar-refractivity contribution in [2.45, 2.75) is 44.0 Å². The molecule has 1 unspecified atom stereocenters. The lowest BCUT2D eigenvalue weighted by Crippen LogP contribution is -2.50. The number of ether oxygens (including phenoxy) is 1. The van der Waals surface area contributed by atoms with Crippen molar-refractivity contribution in [3.05, 3.63) is 72.2 Å². The summed E-state index contributed by atoms with van der Waals surface area (Å²) in [6.45, 7) is 3.23. The van der Waals surface area contributed by atoms with Crippen molar-refractivity contribution >= 4 is 5.82 Å². The Bertz CT molecular complexity index is 1060. The third-order valence-electron chi connectivity index (χ3n) is 6.40. The van der Waals surface area contributed by atoms with Crippen LogP contribution in [0.4, 0.5) is 5.82 Å². The summed E-state index contributed by atoms with van der Waals surface area (Å²) in [6, 6.07) is 18.2. The summed E-state index contributed by atoms with van der Waals surface area (Å²) in [6.07, 6.45) is 2.66. The van der Waals surface area contributed by atoms with Gasteiger partial charge in [0.05, 0.1) is 6.10 Å².